The van der Waals surface area contributed by atoms with Crippen LogP contribution in [0.3, 0.4) is 0 Å². The van der Waals surface area contributed by atoms with Gasteiger partial charge in [0.25, 0.3) is 0 Å². The maximum absolute atomic E-state index is 13.4. The molecule has 0 aliphatic carbocycles. The lowest BCUT2D eigenvalue weighted by molar-refractivity contribution is -0.116. The molecule has 3 aromatic heterocycles. The zero-order valence-electron chi connectivity index (χ0n) is 82.2. The second kappa shape index (κ2) is 41.5. The van der Waals surface area contributed by atoms with Crippen LogP contribution in [0.1, 0.15) is 133 Å². The summed E-state index contributed by atoms with van der Waals surface area (Å²) in [6.07, 6.45) is 13.9. The Morgan fingerprint density at radius 3 is 1.14 bits per heavy atom. The summed E-state index contributed by atoms with van der Waals surface area (Å²) in [5.41, 5.74) is 22.1. The van der Waals surface area contributed by atoms with Gasteiger partial charge >= 0.3 is 0 Å². The lowest BCUT2D eigenvalue weighted by atomic mass is 9.89. The molecule has 28 nitrogen and oxygen atoms in total. The Hall–Kier alpha value is -13.8. The number of anilines is 10. The van der Waals surface area contributed by atoms with Crippen molar-refractivity contribution in [2.75, 3.05) is 202 Å². The molecule has 15 aliphatic heterocycles. The number of H-pyrrole nitrogens is 1. The number of nitrogens with one attached hydrogen (secondary N) is 6. The summed E-state index contributed by atoms with van der Waals surface area (Å²) in [5.74, 6) is 4.42. The fourth-order valence-electron chi connectivity index (χ4n) is 26.4. The normalized spacial score (nSPS) is 22.8. The first kappa shape index (κ1) is 95.4. The van der Waals surface area contributed by atoms with E-state index in [0.717, 1.165) is 253 Å². The van der Waals surface area contributed by atoms with Crippen molar-refractivity contribution in [1.29, 1.82) is 0 Å². The van der Waals surface area contributed by atoms with Crippen LogP contribution in [0, 0.1) is 17.5 Å². The van der Waals surface area contributed by atoms with Gasteiger partial charge in [0.1, 0.15) is 40.2 Å². The number of ether oxygens (including phenoxy) is 3. The Bertz CT molecular complexity index is 6810. The number of amides is 5. The largest absolute Gasteiger partial charge is 0.494 e. The minimum Gasteiger partial charge on any atom is -0.494 e. The fourth-order valence-corrected chi connectivity index (χ4v) is 26.5. The predicted octanol–water partition coefficient (Wildman–Crippen LogP) is 17.4. The van der Waals surface area contributed by atoms with Crippen molar-refractivity contribution in [2.45, 2.75) is 137 Å². The smallest absolute Gasteiger partial charge is 0.243 e. The lowest BCUT2D eigenvalue weighted by Crippen LogP contribution is -2.49. The molecule has 5 saturated heterocycles. The van der Waals surface area contributed by atoms with E-state index in [1.807, 2.05) is 85.1 Å². The predicted molar refractivity (Wildman–Crippen MR) is 567 cm³/mol. The summed E-state index contributed by atoms with van der Waals surface area (Å²) in [5, 5.41) is 30.4. The number of rotatable bonds is 23. The molecule has 0 bridgehead atoms. The van der Waals surface area contributed by atoms with Crippen LogP contribution in [0.5, 0.6) is 17.2 Å². The number of benzene rings is 10. The molecule has 0 radical (unpaired) electrons. The van der Waals surface area contributed by atoms with Gasteiger partial charge in [-0.2, -0.15) is 5.10 Å². The standard InChI is InChI=1S/C25H26N4O2.C23H24FN5O.C23H23FN4O2.C22H24ClN3O2.C22H24FN3O2/c30-23-16-29-21-10-13-28(15-19(21)18-7-2-8-20(27-23)25(18)29)12-4-14-31-22-9-1-5-17-6-3-11-26-24(17)22;24-14-6-7-16-18(26-27-20(16)11-14)5-2-9-28-10-8-21-17(12-28)15-3-1-4-19-23(15)29(21)13-22(30)25-19;24-14-6-7-16-18(26-30-21(16)11-14)5-2-9-27-10-8-20-17(12-27)15-3-1-4-19-23(15)28(20)13-22(29)25-19;2*23-15-5-7-16(8-6-15)28-12-2-10-25-11-9-20-18(13-25)17-3-1-4-19-22(17)26(20)14-21(27)24-19/h1-3,5-9,11,19,21H,4,10,12-16H2,(H,27,30);1,3-4,6-7,11,17,21H,2,5,8-10,12-13H2,(H,25,30)(H,26,27);1,3-4,6-7,11,17,20H,2,5,8-10,12-13H2,(H,25,29);2*1,3-8,18,20H,2,9-14H2,(H,24,27)/t19-,21-;17-,21-;17-,20-;2*18-,20-/m00000/s1. The number of aromatic nitrogens is 4. The Morgan fingerprint density at radius 2 is 0.721 bits per heavy atom. The summed E-state index contributed by atoms with van der Waals surface area (Å²) in [6.45, 7) is 19.9. The molecule has 5 fully saturated rings. The van der Waals surface area contributed by atoms with E-state index in [9.17, 15) is 37.1 Å². The van der Waals surface area contributed by atoms with Crippen molar-refractivity contribution in [3.8, 4) is 17.2 Å². The lowest BCUT2D eigenvalue weighted by Gasteiger charge is -2.39. The molecule has 147 heavy (non-hydrogen) atoms. The highest BCUT2D eigenvalue weighted by atomic mass is 35.5. The molecular weight excluding hydrogens is 1880 g/mol. The minimum absolute atomic E-state index is 0.0856. The van der Waals surface area contributed by atoms with E-state index in [-0.39, 0.29) is 47.0 Å². The highest BCUT2D eigenvalue weighted by molar-refractivity contribution is 6.30. The average molecular weight is 2010 g/mol. The van der Waals surface area contributed by atoms with Crippen molar-refractivity contribution >= 4 is 131 Å². The number of hydrogen-bond acceptors (Lipinski definition) is 22. The number of likely N-dealkylation sites (tertiary alicyclic amines) is 5. The molecule has 15 aliphatic rings. The molecule has 32 heteroatoms. The number of pyridine rings is 1. The van der Waals surface area contributed by atoms with Crippen LogP contribution in [0.4, 0.5) is 70.0 Å². The van der Waals surface area contributed by atoms with E-state index in [1.165, 1.54) is 92.7 Å². The monoisotopic (exact) mass is 2000 g/mol. The Labute approximate surface area is 856 Å². The van der Waals surface area contributed by atoms with Crippen molar-refractivity contribution in [2.24, 2.45) is 0 Å². The zero-order chi connectivity index (χ0) is 99.4. The second-order valence-corrected chi connectivity index (χ2v) is 42.0. The van der Waals surface area contributed by atoms with Gasteiger partial charge in [-0.25, -0.2) is 13.2 Å². The van der Waals surface area contributed by atoms with E-state index in [2.05, 4.69) is 169 Å². The van der Waals surface area contributed by atoms with Crippen LogP contribution >= 0.6 is 11.6 Å². The van der Waals surface area contributed by atoms with Crippen molar-refractivity contribution < 1.29 is 55.9 Å². The summed E-state index contributed by atoms with van der Waals surface area (Å²) in [4.78, 5) is 89.4. The number of hydrogen-bond donors (Lipinski definition) is 6. The molecule has 5 amide bonds. The van der Waals surface area contributed by atoms with Gasteiger partial charge in [-0.3, -0.25) is 34.1 Å². The molecule has 10 aromatic carbocycles. The highest BCUT2D eigenvalue weighted by Gasteiger charge is 2.51. The van der Waals surface area contributed by atoms with E-state index in [1.54, 1.807) is 18.2 Å². The molecule has 0 saturated carbocycles. The van der Waals surface area contributed by atoms with Gasteiger partial charge in [0, 0.05) is 190 Å². The van der Waals surface area contributed by atoms with Crippen molar-refractivity contribution in [1.82, 2.24) is 44.8 Å². The fraction of sp³-hybridized carbons (Fsp3) is 0.391. The van der Waals surface area contributed by atoms with Gasteiger partial charge in [-0.05, 0) is 233 Å². The molecule has 6 N–H and O–H groups in total. The van der Waals surface area contributed by atoms with Gasteiger partial charge in [0.05, 0.1) is 121 Å². The number of carbonyl (C=O) groups excluding carboxylic acids is 5. The van der Waals surface area contributed by atoms with Gasteiger partial charge in [-0.15, -0.1) is 0 Å². The number of para-hydroxylation sites is 6. The summed E-state index contributed by atoms with van der Waals surface area (Å²) in [7, 11) is 0. The third-order valence-electron chi connectivity index (χ3n) is 32.8. The van der Waals surface area contributed by atoms with E-state index >= 15 is 0 Å². The topological polar surface area (TPSA) is 273 Å². The van der Waals surface area contributed by atoms with E-state index in [4.69, 9.17) is 30.3 Å². The number of aryl methyl sites for hydroxylation is 2. The molecule has 13 aromatic rings. The Morgan fingerprint density at radius 1 is 0.367 bits per heavy atom. The quantitative estimate of drug-likeness (QED) is 0.0325. The van der Waals surface area contributed by atoms with E-state index in [0.29, 0.717) is 129 Å². The molecular formula is C115H121ClF3N19O9. The van der Waals surface area contributed by atoms with Crippen LogP contribution in [-0.4, -0.2) is 255 Å². The first-order chi connectivity index (χ1) is 72.0. The maximum atomic E-state index is 13.4. The van der Waals surface area contributed by atoms with Gasteiger partial charge in [0.15, 0.2) is 5.58 Å². The van der Waals surface area contributed by atoms with Crippen molar-refractivity contribution in [3.05, 3.63) is 274 Å². The highest BCUT2D eigenvalue weighted by Crippen LogP contribution is 2.56. The van der Waals surface area contributed by atoms with Crippen LogP contribution in [0.15, 0.2) is 217 Å². The second-order valence-electron chi connectivity index (χ2n) is 41.6. The van der Waals surface area contributed by atoms with Crippen molar-refractivity contribution in [3.63, 3.8) is 0 Å². The first-order valence-corrected chi connectivity index (χ1v) is 52.9. The van der Waals surface area contributed by atoms with Crippen LogP contribution < -0.4 is 65.3 Å². The summed E-state index contributed by atoms with van der Waals surface area (Å²) in [6, 6.07) is 66.9. The molecule has 0 spiro atoms. The molecule has 758 valence electrons. The number of carbonyl (C=O) groups is 5. The van der Waals surface area contributed by atoms with Gasteiger partial charge < -0.3 is 94.3 Å². The minimum atomic E-state index is -0.303. The third kappa shape index (κ3) is 19.5. The Balaban J connectivity index is 0.0000000984. The maximum Gasteiger partial charge on any atom is 0.243 e. The number of fused-ring (bicyclic) bond motifs is 18. The number of piperidine rings is 5. The first-order valence-electron chi connectivity index (χ1n) is 52.5. The zero-order valence-corrected chi connectivity index (χ0v) is 83.0. The molecule has 18 heterocycles. The number of halogens is 4. The van der Waals surface area contributed by atoms with Gasteiger partial charge in [-0.1, -0.05) is 95.6 Å². The van der Waals surface area contributed by atoms with Crippen LogP contribution in [0.25, 0.3) is 32.8 Å². The Kier molecular flexibility index (Phi) is 26.9. The average Bonchev–Trinajstić information content (AvgIpc) is 1.60. The van der Waals surface area contributed by atoms with Gasteiger partial charge in [0.2, 0.25) is 29.5 Å². The molecule has 0 unspecified atom stereocenters. The third-order valence-corrected chi connectivity index (χ3v) is 33.0. The number of aromatic amines is 1. The molecule has 28 rings (SSSR count). The SMILES string of the molecule is O=C1CN2c3c(cccc3[C@@H]3CN(CCCOc4ccc(Cl)cc4)CC[C@@H]32)N1.O=C1CN2c3c(cccc3[C@@H]3CN(CCCOc4ccc(F)cc4)CC[C@@H]32)N1.O=C1CN2c3c(cccc3[C@@H]3CN(CCCOc4cccc5cccnc45)CC[C@@H]32)N1.O=C1CN2c3c(cccc3[C@@H]3CN(CCCc4[nH]nc5cc(F)ccc45)CC[C@@H]32)N1.O=C1CN2c3c(cccc3[C@@H]3CN(CCCc4noc5cc(F)ccc45)CC[C@@H]32)N1. The van der Waals surface area contributed by atoms with E-state index < -0.39 is 0 Å². The molecule has 10 atom stereocenters. The number of nitrogens with zero attached hydrogens (tertiary/aromatic N) is 13. The van der Waals surface area contributed by atoms with Crippen LogP contribution in [0.2, 0.25) is 5.02 Å². The van der Waals surface area contributed by atoms with Crippen LogP contribution in [-0.2, 0) is 36.8 Å². The summed E-state index contributed by atoms with van der Waals surface area (Å²) >= 11 is 5.91. The summed E-state index contributed by atoms with van der Waals surface area (Å²) < 4.78 is 62.6.